The largest absolute Gasteiger partial charge is 0.293 e. The summed E-state index contributed by atoms with van der Waals surface area (Å²) in [6.07, 6.45) is 1.69. The zero-order chi connectivity index (χ0) is 17.4. The van der Waals surface area contributed by atoms with Crippen molar-refractivity contribution in [1.82, 2.24) is 14.6 Å². The number of aromatic nitrogens is 3. The van der Waals surface area contributed by atoms with Gasteiger partial charge in [-0.05, 0) is 38.5 Å². The maximum absolute atomic E-state index is 12.8. The third-order valence-electron chi connectivity index (χ3n) is 3.71. The first-order chi connectivity index (χ1) is 11.4. The van der Waals surface area contributed by atoms with Crippen molar-refractivity contribution >= 4 is 46.4 Å². The second-order valence-corrected chi connectivity index (χ2v) is 7.78. The lowest BCUT2D eigenvalue weighted by molar-refractivity contribution is 0.0993. The predicted molar refractivity (Wildman–Crippen MR) is 98.6 cm³/mol. The van der Waals surface area contributed by atoms with Crippen LogP contribution in [0.25, 0.3) is 5.65 Å². The lowest BCUT2D eigenvalue weighted by atomic mass is 10.0. The zero-order valence-electron chi connectivity index (χ0n) is 13.4. The zero-order valence-corrected chi connectivity index (χ0v) is 15.7. The molecular weight excluding hydrogens is 365 g/mol. The number of Topliss-reactive ketones (excluding diaryl/α,β-unsaturated/α-hetero) is 1. The number of ketones is 1. The smallest absolute Gasteiger partial charge is 0.196 e. The molecule has 2 heterocycles. The third kappa shape index (κ3) is 3.29. The lowest BCUT2D eigenvalue weighted by Gasteiger charge is -2.12. The van der Waals surface area contributed by atoms with Crippen LogP contribution in [-0.2, 0) is 0 Å². The number of carbonyl (C=O) groups excluding carboxylic acids is 1. The first kappa shape index (κ1) is 17.3. The van der Waals surface area contributed by atoms with E-state index in [4.69, 9.17) is 23.2 Å². The average molecular weight is 380 g/mol. The average Bonchev–Trinajstić information content (AvgIpc) is 2.92. The first-order valence-electron chi connectivity index (χ1n) is 7.34. The highest BCUT2D eigenvalue weighted by molar-refractivity contribution is 8.00. The lowest BCUT2D eigenvalue weighted by Crippen LogP contribution is -2.15. The molecule has 0 N–H and O–H groups in total. The molecule has 0 radical (unpaired) electrons. The van der Waals surface area contributed by atoms with Gasteiger partial charge in [0.25, 0.3) is 0 Å². The Bertz CT molecular complexity index is 939. The van der Waals surface area contributed by atoms with Crippen molar-refractivity contribution in [2.75, 3.05) is 0 Å². The molecule has 0 amide bonds. The molecule has 2 aromatic heterocycles. The molecule has 1 aromatic carbocycles. The molecule has 0 spiro atoms. The minimum atomic E-state index is -0.310. The topological polar surface area (TPSA) is 47.3 Å². The number of aryl methyl sites for hydroxylation is 2. The molecule has 4 nitrogen and oxygen atoms in total. The van der Waals surface area contributed by atoms with E-state index in [1.54, 1.807) is 16.7 Å². The van der Waals surface area contributed by atoms with Gasteiger partial charge in [-0.3, -0.25) is 9.20 Å². The molecule has 124 valence electrons. The molecule has 3 aromatic rings. The number of carbonyl (C=O) groups is 1. The fourth-order valence-corrected chi connectivity index (χ4v) is 3.81. The minimum absolute atomic E-state index is 0.0612. The Hall–Kier alpha value is -1.56. The van der Waals surface area contributed by atoms with Gasteiger partial charge >= 0.3 is 0 Å². The summed E-state index contributed by atoms with van der Waals surface area (Å²) in [5, 5.41) is 9.39. The molecular formula is C17H15Cl2N3OS. The van der Waals surface area contributed by atoms with Crippen molar-refractivity contribution in [1.29, 1.82) is 0 Å². The van der Waals surface area contributed by atoms with E-state index in [2.05, 4.69) is 10.2 Å². The quantitative estimate of drug-likeness (QED) is 0.471. The Morgan fingerprint density at radius 1 is 1.21 bits per heavy atom. The Kier molecular flexibility index (Phi) is 4.85. The van der Waals surface area contributed by atoms with Crippen molar-refractivity contribution in [3.05, 3.63) is 57.2 Å². The van der Waals surface area contributed by atoms with Gasteiger partial charge in [0, 0.05) is 11.8 Å². The molecule has 7 heteroatoms. The summed E-state index contributed by atoms with van der Waals surface area (Å²) in [5.41, 5.74) is 3.29. The SMILES string of the molecule is Cc1ccc(C)c(C(=O)[C@H](C)Sc2nnc3c(Cl)cc(Cl)cn23)c1. The highest BCUT2D eigenvalue weighted by atomic mass is 35.5. The van der Waals surface area contributed by atoms with Crippen LogP contribution in [0.3, 0.4) is 0 Å². The van der Waals surface area contributed by atoms with E-state index in [0.717, 1.165) is 16.7 Å². The number of nitrogens with zero attached hydrogens (tertiary/aromatic N) is 3. The van der Waals surface area contributed by atoms with Gasteiger partial charge in [0.15, 0.2) is 16.6 Å². The summed E-state index contributed by atoms with van der Waals surface area (Å²) in [7, 11) is 0. The van der Waals surface area contributed by atoms with Gasteiger partial charge < -0.3 is 0 Å². The van der Waals surface area contributed by atoms with Gasteiger partial charge in [0.2, 0.25) is 0 Å². The van der Waals surface area contributed by atoms with Crippen molar-refractivity contribution in [2.24, 2.45) is 0 Å². The van der Waals surface area contributed by atoms with E-state index in [-0.39, 0.29) is 11.0 Å². The number of pyridine rings is 1. The summed E-state index contributed by atoms with van der Waals surface area (Å²) in [5.74, 6) is 0.0612. The van der Waals surface area contributed by atoms with Gasteiger partial charge in [-0.15, -0.1) is 10.2 Å². The van der Waals surface area contributed by atoms with Gasteiger partial charge in [-0.1, -0.05) is 52.7 Å². The molecule has 0 aliphatic rings. The van der Waals surface area contributed by atoms with Crippen LogP contribution < -0.4 is 0 Å². The van der Waals surface area contributed by atoms with Gasteiger partial charge in [0.1, 0.15) is 0 Å². The molecule has 3 rings (SSSR count). The molecule has 0 fully saturated rings. The highest BCUT2D eigenvalue weighted by Gasteiger charge is 2.21. The predicted octanol–water partition coefficient (Wildman–Crippen LogP) is 5.02. The molecule has 0 bridgehead atoms. The van der Waals surface area contributed by atoms with Crippen molar-refractivity contribution in [2.45, 2.75) is 31.2 Å². The minimum Gasteiger partial charge on any atom is -0.293 e. The second kappa shape index (κ2) is 6.75. The second-order valence-electron chi connectivity index (χ2n) is 5.63. The standard InChI is InChI=1S/C17H15Cl2N3OS/c1-9-4-5-10(2)13(6-9)15(23)11(3)24-17-21-20-16-14(19)7-12(18)8-22(16)17/h4-8,11H,1-3H3/t11-/m0/s1. The van der Waals surface area contributed by atoms with Crippen LogP contribution in [0.15, 0.2) is 35.6 Å². The van der Waals surface area contributed by atoms with Crippen LogP contribution >= 0.6 is 35.0 Å². The molecule has 0 aliphatic heterocycles. The van der Waals surface area contributed by atoms with Crippen LogP contribution in [0.1, 0.15) is 28.4 Å². The Morgan fingerprint density at radius 2 is 1.96 bits per heavy atom. The third-order valence-corrected chi connectivity index (χ3v) is 5.25. The summed E-state index contributed by atoms with van der Waals surface area (Å²) in [6, 6.07) is 7.50. The number of rotatable bonds is 4. The van der Waals surface area contributed by atoms with E-state index in [9.17, 15) is 4.79 Å². The molecule has 24 heavy (non-hydrogen) atoms. The summed E-state index contributed by atoms with van der Waals surface area (Å²) < 4.78 is 1.71. The van der Waals surface area contributed by atoms with Crippen LogP contribution in [-0.4, -0.2) is 25.6 Å². The number of hydrogen-bond acceptors (Lipinski definition) is 4. The molecule has 0 aliphatic carbocycles. The van der Waals surface area contributed by atoms with Crippen molar-refractivity contribution in [3.8, 4) is 0 Å². The van der Waals surface area contributed by atoms with Crippen LogP contribution in [0, 0.1) is 13.8 Å². The molecule has 1 atom stereocenters. The monoisotopic (exact) mass is 379 g/mol. The van der Waals surface area contributed by atoms with Crippen molar-refractivity contribution in [3.63, 3.8) is 0 Å². The van der Waals surface area contributed by atoms with Crippen LogP contribution in [0.4, 0.5) is 0 Å². The fraction of sp³-hybridized carbons (Fsp3) is 0.235. The summed E-state index contributed by atoms with van der Waals surface area (Å²) in [4.78, 5) is 12.8. The Balaban J connectivity index is 1.91. The molecule has 0 saturated heterocycles. The Labute approximate surface area is 154 Å². The van der Waals surface area contributed by atoms with Gasteiger partial charge in [-0.2, -0.15) is 0 Å². The first-order valence-corrected chi connectivity index (χ1v) is 8.98. The van der Waals surface area contributed by atoms with E-state index in [1.807, 2.05) is 39.0 Å². The van der Waals surface area contributed by atoms with Crippen LogP contribution in [0.5, 0.6) is 0 Å². The number of thioether (sulfide) groups is 1. The van der Waals surface area contributed by atoms with Gasteiger partial charge in [-0.25, -0.2) is 0 Å². The normalized spacial score (nSPS) is 12.5. The number of benzene rings is 1. The number of halogens is 2. The maximum atomic E-state index is 12.8. The van der Waals surface area contributed by atoms with E-state index >= 15 is 0 Å². The van der Waals surface area contributed by atoms with E-state index in [1.165, 1.54) is 11.8 Å². The molecule has 0 unspecified atom stereocenters. The number of hydrogen-bond donors (Lipinski definition) is 0. The number of fused-ring (bicyclic) bond motifs is 1. The van der Waals surface area contributed by atoms with Crippen molar-refractivity contribution < 1.29 is 4.79 Å². The highest BCUT2D eigenvalue weighted by Crippen LogP contribution is 2.29. The molecule has 0 saturated carbocycles. The van der Waals surface area contributed by atoms with Gasteiger partial charge in [0.05, 0.1) is 15.3 Å². The summed E-state index contributed by atoms with van der Waals surface area (Å²) in [6.45, 7) is 5.78. The fourth-order valence-electron chi connectivity index (χ4n) is 2.41. The van der Waals surface area contributed by atoms with Crippen LogP contribution in [0.2, 0.25) is 10.0 Å². The van der Waals surface area contributed by atoms with E-state index < -0.39 is 0 Å². The van der Waals surface area contributed by atoms with E-state index in [0.29, 0.717) is 20.8 Å². The summed E-state index contributed by atoms with van der Waals surface area (Å²) >= 11 is 13.5. The maximum Gasteiger partial charge on any atom is 0.196 e. The Morgan fingerprint density at radius 3 is 2.71 bits per heavy atom.